The van der Waals surface area contributed by atoms with Crippen molar-refractivity contribution < 1.29 is 35.1 Å². The highest BCUT2D eigenvalue weighted by Gasteiger charge is 2.31. The van der Waals surface area contributed by atoms with Gasteiger partial charge in [-0.25, -0.2) is 35.3 Å². The predicted molar refractivity (Wildman–Crippen MR) is 109 cm³/mol. The van der Waals surface area contributed by atoms with Gasteiger partial charge in [0.25, 0.3) is 15.9 Å². The molecule has 0 atom stereocenters. The minimum Gasteiger partial charge on any atom is -0.495 e. The maximum absolute atomic E-state index is 14.1. The van der Waals surface area contributed by atoms with Crippen LogP contribution in [0.1, 0.15) is 10.5 Å². The summed E-state index contributed by atoms with van der Waals surface area (Å²) in [5.41, 5.74) is -0.967. The molecule has 0 aliphatic carbocycles. The molecule has 3 aromatic rings. The lowest BCUT2D eigenvalue weighted by Gasteiger charge is -2.13. The Morgan fingerprint density at radius 1 is 1.06 bits per heavy atom. The van der Waals surface area contributed by atoms with Crippen LogP contribution in [0.4, 0.5) is 8.78 Å². The number of nitrogens with zero attached hydrogens (tertiary/aromatic N) is 2. The second kappa shape index (κ2) is 8.31. The van der Waals surface area contributed by atoms with E-state index in [4.69, 9.17) is 4.74 Å². The third-order valence-corrected chi connectivity index (χ3v) is 7.03. The molecule has 32 heavy (non-hydrogen) atoms. The van der Waals surface area contributed by atoms with Crippen molar-refractivity contribution in [3.05, 3.63) is 59.9 Å². The third-order valence-electron chi connectivity index (χ3n) is 4.35. The van der Waals surface area contributed by atoms with Gasteiger partial charge in [0, 0.05) is 19.5 Å². The Morgan fingerprint density at radius 2 is 1.66 bits per heavy atom. The molecular weight excluding hydrogens is 468 g/mol. The van der Waals surface area contributed by atoms with Gasteiger partial charge in [-0.1, -0.05) is 12.1 Å². The van der Waals surface area contributed by atoms with E-state index in [0.717, 1.165) is 48.4 Å². The van der Waals surface area contributed by atoms with E-state index in [1.165, 1.54) is 19.2 Å². The lowest BCUT2D eigenvalue weighted by molar-refractivity contribution is 0.0977. The van der Waals surface area contributed by atoms with Gasteiger partial charge in [0.2, 0.25) is 0 Å². The van der Waals surface area contributed by atoms with Crippen LogP contribution in [-0.4, -0.2) is 45.7 Å². The first kappa shape index (κ1) is 23.3. The van der Waals surface area contributed by atoms with Crippen molar-refractivity contribution in [1.29, 1.82) is 0 Å². The molecule has 9 nitrogen and oxygen atoms in total. The molecule has 0 unspecified atom stereocenters. The van der Waals surface area contributed by atoms with Crippen LogP contribution in [0.3, 0.4) is 0 Å². The number of carbonyl (C=O) groups excluding carboxylic acids is 1. The van der Waals surface area contributed by atoms with Crippen molar-refractivity contribution >= 4 is 25.8 Å². The second-order valence-electron chi connectivity index (χ2n) is 6.65. The predicted octanol–water partition coefficient (Wildman–Crippen LogP) is 1.90. The van der Waals surface area contributed by atoms with E-state index in [1.54, 1.807) is 4.72 Å². The fraction of sp³-hybridized carbons (Fsp3) is 0.158. The number of hydrogen-bond acceptors (Lipinski definition) is 7. The molecule has 0 aliphatic heterocycles. The zero-order chi connectivity index (χ0) is 23.8. The number of sulfone groups is 1. The SMILES string of the molecule is COc1cccc(S(C)(=O)=O)c1S(=O)(=O)NC(=O)c1cn(C)c(-c2c(F)cccc2F)n1. The molecule has 1 aromatic heterocycles. The summed E-state index contributed by atoms with van der Waals surface area (Å²) in [6.07, 6.45) is 1.88. The van der Waals surface area contributed by atoms with Crippen LogP contribution in [0.25, 0.3) is 11.4 Å². The molecule has 0 bridgehead atoms. The van der Waals surface area contributed by atoms with Crippen LogP contribution >= 0.6 is 0 Å². The number of amides is 1. The van der Waals surface area contributed by atoms with E-state index in [-0.39, 0.29) is 11.6 Å². The Balaban J connectivity index is 2.04. The van der Waals surface area contributed by atoms with E-state index in [9.17, 15) is 30.4 Å². The summed E-state index contributed by atoms with van der Waals surface area (Å²) in [5, 5.41) is 0. The van der Waals surface area contributed by atoms with Crippen LogP contribution in [0, 0.1) is 11.6 Å². The number of benzene rings is 2. The molecule has 0 saturated carbocycles. The summed E-state index contributed by atoms with van der Waals surface area (Å²) in [5.74, 6) is -3.65. The Labute approximate surface area is 182 Å². The van der Waals surface area contributed by atoms with Crippen LogP contribution < -0.4 is 9.46 Å². The van der Waals surface area contributed by atoms with E-state index in [0.29, 0.717) is 0 Å². The molecule has 1 N–H and O–H groups in total. The Bertz CT molecular complexity index is 1410. The number of ether oxygens (including phenoxy) is 1. The molecule has 0 saturated heterocycles. The van der Waals surface area contributed by atoms with E-state index in [1.807, 2.05) is 0 Å². The number of carbonyl (C=O) groups is 1. The van der Waals surface area contributed by atoms with Gasteiger partial charge in [-0.15, -0.1) is 0 Å². The first-order valence-electron chi connectivity index (χ1n) is 8.78. The van der Waals surface area contributed by atoms with Gasteiger partial charge >= 0.3 is 0 Å². The topological polar surface area (TPSA) is 124 Å². The molecule has 1 amide bonds. The van der Waals surface area contributed by atoms with Gasteiger partial charge in [0.15, 0.2) is 9.84 Å². The molecule has 1 heterocycles. The number of rotatable bonds is 6. The first-order chi connectivity index (χ1) is 14.9. The molecule has 3 rings (SSSR count). The molecule has 0 radical (unpaired) electrons. The molecule has 0 fully saturated rings. The van der Waals surface area contributed by atoms with Crippen LogP contribution in [0.2, 0.25) is 0 Å². The molecule has 0 spiro atoms. The van der Waals surface area contributed by atoms with Crippen molar-refractivity contribution in [3.63, 3.8) is 0 Å². The van der Waals surface area contributed by atoms with Crippen LogP contribution in [0.15, 0.2) is 52.4 Å². The van der Waals surface area contributed by atoms with Gasteiger partial charge < -0.3 is 9.30 Å². The monoisotopic (exact) mass is 485 g/mol. The summed E-state index contributed by atoms with van der Waals surface area (Å²) in [7, 11) is -6.26. The maximum atomic E-state index is 14.1. The zero-order valence-electron chi connectivity index (χ0n) is 17.0. The number of imidazole rings is 1. The normalized spacial score (nSPS) is 11.9. The van der Waals surface area contributed by atoms with Crippen molar-refractivity contribution in [2.24, 2.45) is 7.05 Å². The fourth-order valence-corrected chi connectivity index (χ4v) is 5.70. The average molecular weight is 485 g/mol. The summed E-state index contributed by atoms with van der Waals surface area (Å²) in [6.45, 7) is 0. The largest absolute Gasteiger partial charge is 0.495 e. The Morgan fingerprint density at radius 3 is 2.22 bits per heavy atom. The second-order valence-corrected chi connectivity index (χ2v) is 10.3. The van der Waals surface area contributed by atoms with Gasteiger partial charge in [-0.05, 0) is 24.3 Å². The van der Waals surface area contributed by atoms with Crippen molar-refractivity contribution in [3.8, 4) is 17.1 Å². The van der Waals surface area contributed by atoms with Crippen LogP contribution in [0.5, 0.6) is 5.75 Å². The number of nitrogens with one attached hydrogen (secondary N) is 1. The van der Waals surface area contributed by atoms with Gasteiger partial charge in [0.05, 0.1) is 17.6 Å². The van der Waals surface area contributed by atoms with Gasteiger partial charge in [0.1, 0.15) is 33.8 Å². The highest BCUT2D eigenvalue weighted by atomic mass is 32.2. The van der Waals surface area contributed by atoms with Gasteiger partial charge in [-0.2, -0.15) is 0 Å². The van der Waals surface area contributed by atoms with E-state index < -0.39 is 58.5 Å². The van der Waals surface area contributed by atoms with E-state index >= 15 is 0 Å². The van der Waals surface area contributed by atoms with E-state index in [2.05, 4.69) is 4.98 Å². The number of aromatic nitrogens is 2. The number of halogens is 2. The first-order valence-corrected chi connectivity index (χ1v) is 12.2. The number of methoxy groups -OCH3 is 1. The summed E-state index contributed by atoms with van der Waals surface area (Å²) in [4.78, 5) is 15.1. The number of hydrogen-bond donors (Lipinski definition) is 1. The van der Waals surface area contributed by atoms with Crippen molar-refractivity contribution in [2.75, 3.05) is 13.4 Å². The Hall–Kier alpha value is -3.32. The maximum Gasteiger partial charge on any atom is 0.285 e. The molecule has 2 aromatic carbocycles. The third kappa shape index (κ3) is 4.34. The summed E-state index contributed by atoms with van der Waals surface area (Å²) < 4.78 is 86.0. The average Bonchev–Trinajstić information content (AvgIpc) is 3.08. The molecule has 0 aliphatic rings. The minimum absolute atomic E-state index is 0.253. The lowest BCUT2D eigenvalue weighted by Crippen LogP contribution is -2.32. The molecular formula is C19H17F2N3O6S2. The lowest BCUT2D eigenvalue weighted by atomic mass is 10.2. The van der Waals surface area contributed by atoms with Gasteiger partial charge in [-0.3, -0.25) is 4.79 Å². The highest BCUT2D eigenvalue weighted by Crippen LogP contribution is 2.31. The standard InChI is InChI=1S/C19H17F2N3O6S2/c1-24-10-13(22-18(24)16-11(20)6-4-7-12(16)21)19(25)23-32(28,29)17-14(30-2)8-5-9-15(17)31(3,26)27/h4-10H,1-3H3,(H,23,25). The fourth-order valence-electron chi connectivity index (χ4n) is 2.96. The minimum atomic E-state index is -4.75. The zero-order valence-corrected chi connectivity index (χ0v) is 18.6. The number of sulfonamides is 1. The molecule has 170 valence electrons. The number of aryl methyl sites for hydroxylation is 1. The summed E-state index contributed by atoms with van der Waals surface area (Å²) >= 11 is 0. The molecule has 13 heteroatoms. The quantitative estimate of drug-likeness (QED) is 0.565. The van der Waals surface area contributed by atoms with Crippen molar-refractivity contribution in [2.45, 2.75) is 9.79 Å². The van der Waals surface area contributed by atoms with Crippen molar-refractivity contribution in [1.82, 2.24) is 14.3 Å². The summed E-state index contributed by atoms with van der Waals surface area (Å²) in [6, 6.07) is 6.72. The smallest absolute Gasteiger partial charge is 0.285 e. The van der Waals surface area contributed by atoms with Crippen LogP contribution in [-0.2, 0) is 26.9 Å². The Kier molecular flexibility index (Phi) is 6.07. The highest BCUT2D eigenvalue weighted by molar-refractivity contribution is 7.93.